The largest absolute Gasteiger partial charge is 0.480 e. The van der Waals surface area contributed by atoms with E-state index in [-0.39, 0.29) is 18.1 Å². The van der Waals surface area contributed by atoms with E-state index in [1.165, 1.54) is 12.3 Å². The molecule has 1 spiro atoms. The number of halogens is 1. The summed E-state index contributed by atoms with van der Waals surface area (Å²) in [6.45, 7) is 0.442. The Bertz CT molecular complexity index is 862. The van der Waals surface area contributed by atoms with Gasteiger partial charge in [-0.15, -0.1) is 0 Å². The highest BCUT2D eigenvalue weighted by Gasteiger charge is 2.54. The molecule has 5 heteroatoms. The zero-order valence-electron chi connectivity index (χ0n) is 12.7. The molecule has 0 saturated heterocycles. The summed E-state index contributed by atoms with van der Waals surface area (Å²) in [6, 6.07) is 15.4. The Balaban J connectivity index is 1.82. The van der Waals surface area contributed by atoms with Crippen LogP contribution in [-0.2, 0) is 26.5 Å². The second-order valence-electron chi connectivity index (χ2n) is 5.93. The molecule has 2 aromatic carbocycles. The fourth-order valence-electron chi connectivity index (χ4n) is 3.29. The molecule has 0 aliphatic carbocycles. The fraction of sp³-hybridized carbons (Fsp3) is 0.158. The van der Waals surface area contributed by atoms with Crippen LogP contribution >= 0.6 is 15.9 Å². The predicted molar refractivity (Wildman–Crippen MR) is 93.3 cm³/mol. The minimum Gasteiger partial charge on any atom is -0.480 e. The van der Waals surface area contributed by atoms with Gasteiger partial charge >= 0.3 is 0 Å². The molecule has 1 unspecified atom stereocenters. The molecule has 2 aliphatic heterocycles. The lowest BCUT2D eigenvalue weighted by Gasteiger charge is -2.29. The van der Waals surface area contributed by atoms with Crippen LogP contribution in [0.5, 0.6) is 0 Å². The van der Waals surface area contributed by atoms with E-state index in [4.69, 9.17) is 4.74 Å². The van der Waals surface area contributed by atoms with Crippen molar-refractivity contribution in [2.45, 2.75) is 18.6 Å². The van der Waals surface area contributed by atoms with E-state index in [9.17, 15) is 9.59 Å². The van der Waals surface area contributed by atoms with Crippen LogP contribution in [-0.4, -0.2) is 11.7 Å². The summed E-state index contributed by atoms with van der Waals surface area (Å²) in [5.41, 5.74) is 1.29. The highest BCUT2D eigenvalue weighted by Crippen LogP contribution is 2.47. The standard InChI is InChI=1S/C19H14BrNO3/c20-14-6-7-17-16(10-14)19(11-15(22)8-9-24-19)18(23)21(17)12-13-4-2-1-3-5-13/h1-10H,11-12H2. The van der Waals surface area contributed by atoms with Gasteiger partial charge in [0.2, 0.25) is 5.60 Å². The Labute approximate surface area is 147 Å². The Morgan fingerprint density at radius 3 is 2.67 bits per heavy atom. The summed E-state index contributed by atoms with van der Waals surface area (Å²) in [5, 5.41) is 0. The van der Waals surface area contributed by atoms with Crippen LogP contribution in [0.4, 0.5) is 5.69 Å². The topological polar surface area (TPSA) is 46.6 Å². The molecule has 2 aromatic rings. The van der Waals surface area contributed by atoms with Crippen molar-refractivity contribution in [1.82, 2.24) is 0 Å². The summed E-state index contributed by atoms with van der Waals surface area (Å²) >= 11 is 3.45. The van der Waals surface area contributed by atoms with Crippen molar-refractivity contribution in [3.63, 3.8) is 0 Å². The van der Waals surface area contributed by atoms with Crippen LogP contribution in [0.15, 0.2) is 65.3 Å². The maximum absolute atomic E-state index is 13.2. The molecule has 0 bridgehead atoms. The first kappa shape index (κ1) is 15.1. The van der Waals surface area contributed by atoms with Crippen LogP contribution in [0.1, 0.15) is 17.5 Å². The third-order valence-corrected chi connectivity index (χ3v) is 4.90. The number of hydrogen-bond acceptors (Lipinski definition) is 3. The molecule has 2 heterocycles. The number of anilines is 1. The Morgan fingerprint density at radius 1 is 1.12 bits per heavy atom. The molecule has 0 radical (unpaired) electrons. The van der Waals surface area contributed by atoms with Crippen molar-refractivity contribution in [3.05, 3.63) is 76.5 Å². The minimum atomic E-state index is -1.25. The number of ether oxygens (including phenoxy) is 1. The number of carbonyl (C=O) groups excluding carboxylic acids is 2. The number of hydrogen-bond donors (Lipinski definition) is 0. The molecule has 120 valence electrons. The third-order valence-electron chi connectivity index (χ3n) is 4.40. The van der Waals surface area contributed by atoms with Crippen molar-refractivity contribution >= 4 is 33.3 Å². The van der Waals surface area contributed by atoms with Crippen LogP contribution in [0.2, 0.25) is 0 Å². The van der Waals surface area contributed by atoms with Crippen LogP contribution in [0.25, 0.3) is 0 Å². The van der Waals surface area contributed by atoms with Crippen molar-refractivity contribution in [3.8, 4) is 0 Å². The molecule has 2 aliphatic rings. The summed E-state index contributed by atoms with van der Waals surface area (Å²) in [6.07, 6.45) is 2.73. The first-order chi connectivity index (χ1) is 11.6. The zero-order chi connectivity index (χ0) is 16.7. The predicted octanol–water partition coefficient (Wildman–Crippen LogP) is 3.69. The number of amides is 1. The molecule has 24 heavy (non-hydrogen) atoms. The number of ketones is 1. The Kier molecular flexibility index (Phi) is 3.53. The molecule has 0 aromatic heterocycles. The van der Waals surface area contributed by atoms with Gasteiger partial charge in [-0.3, -0.25) is 9.59 Å². The number of allylic oxidation sites excluding steroid dienone is 1. The molecule has 4 nitrogen and oxygen atoms in total. The second-order valence-corrected chi connectivity index (χ2v) is 6.84. The van der Waals surface area contributed by atoms with Crippen LogP contribution in [0.3, 0.4) is 0 Å². The molecule has 1 amide bonds. The van der Waals surface area contributed by atoms with Crippen molar-refractivity contribution in [2.75, 3.05) is 4.90 Å². The number of benzene rings is 2. The van der Waals surface area contributed by atoms with E-state index >= 15 is 0 Å². The van der Waals surface area contributed by atoms with E-state index in [0.717, 1.165) is 21.3 Å². The van der Waals surface area contributed by atoms with Gasteiger partial charge in [-0.25, -0.2) is 0 Å². The van der Waals surface area contributed by atoms with Crippen molar-refractivity contribution in [2.24, 2.45) is 0 Å². The Hall–Kier alpha value is -2.40. The normalized spacial score (nSPS) is 22.0. The van der Waals surface area contributed by atoms with Gasteiger partial charge in [0.25, 0.3) is 5.91 Å². The number of fused-ring (bicyclic) bond motifs is 2. The molecule has 0 fully saturated rings. The highest BCUT2D eigenvalue weighted by molar-refractivity contribution is 9.10. The van der Waals surface area contributed by atoms with Gasteiger partial charge in [-0.05, 0) is 23.8 Å². The average molecular weight is 384 g/mol. The minimum absolute atomic E-state index is 0.0249. The maximum Gasteiger partial charge on any atom is 0.276 e. The monoisotopic (exact) mass is 383 g/mol. The first-order valence-electron chi connectivity index (χ1n) is 7.63. The Morgan fingerprint density at radius 2 is 1.92 bits per heavy atom. The van der Waals surface area contributed by atoms with Gasteiger partial charge in [-0.2, -0.15) is 0 Å². The molecule has 0 N–H and O–H groups in total. The van der Waals surface area contributed by atoms with Crippen LogP contribution < -0.4 is 4.90 Å². The lowest BCUT2D eigenvalue weighted by Crippen LogP contribution is -2.43. The van der Waals surface area contributed by atoms with E-state index in [1.54, 1.807) is 4.90 Å². The molecular weight excluding hydrogens is 370 g/mol. The van der Waals surface area contributed by atoms with E-state index in [0.29, 0.717) is 6.54 Å². The lowest BCUT2D eigenvalue weighted by molar-refractivity contribution is -0.143. The molecule has 0 saturated carbocycles. The summed E-state index contributed by atoms with van der Waals surface area (Å²) in [4.78, 5) is 26.9. The van der Waals surface area contributed by atoms with Gasteiger partial charge in [0, 0.05) is 16.1 Å². The lowest BCUT2D eigenvalue weighted by atomic mass is 9.88. The highest BCUT2D eigenvalue weighted by atomic mass is 79.9. The van der Waals surface area contributed by atoms with Gasteiger partial charge in [0.05, 0.1) is 24.9 Å². The molecular formula is C19H14BrNO3. The van der Waals surface area contributed by atoms with Gasteiger partial charge in [0.1, 0.15) is 0 Å². The fourth-order valence-corrected chi connectivity index (χ4v) is 3.65. The maximum atomic E-state index is 13.2. The summed E-state index contributed by atoms with van der Waals surface area (Å²) in [7, 11) is 0. The number of carbonyl (C=O) groups is 2. The third kappa shape index (κ3) is 2.27. The SMILES string of the molecule is O=C1C=COC2(C1)C(=O)N(Cc1ccccc1)c1ccc(Br)cc12. The zero-order valence-corrected chi connectivity index (χ0v) is 14.3. The van der Waals surface area contributed by atoms with E-state index in [1.807, 2.05) is 48.5 Å². The van der Waals surface area contributed by atoms with Gasteiger partial charge in [0.15, 0.2) is 5.78 Å². The number of rotatable bonds is 2. The first-order valence-corrected chi connectivity index (χ1v) is 8.42. The quantitative estimate of drug-likeness (QED) is 0.794. The smallest absolute Gasteiger partial charge is 0.276 e. The average Bonchev–Trinajstić information content (AvgIpc) is 2.78. The molecule has 1 atom stereocenters. The van der Waals surface area contributed by atoms with E-state index < -0.39 is 5.60 Å². The van der Waals surface area contributed by atoms with Crippen molar-refractivity contribution < 1.29 is 14.3 Å². The van der Waals surface area contributed by atoms with Crippen LogP contribution in [0, 0.1) is 0 Å². The number of nitrogens with zero attached hydrogens (tertiary/aromatic N) is 1. The van der Waals surface area contributed by atoms with Gasteiger partial charge in [-0.1, -0.05) is 46.3 Å². The van der Waals surface area contributed by atoms with Gasteiger partial charge < -0.3 is 9.64 Å². The summed E-state index contributed by atoms with van der Waals surface area (Å²) in [5.74, 6) is -0.306. The van der Waals surface area contributed by atoms with E-state index in [2.05, 4.69) is 15.9 Å². The molecule has 4 rings (SSSR count). The summed E-state index contributed by atoms with van der Waals surface area (Å²) < 4.78 is 6.59. The second kappa shape index (κ2) is 5.60. The van der Waals surface area contributed by atoms with Crippen molar-refractivity contribution in [1.29, 1.82) is 0 Å².